The Morgan fingerprint density at radius 1 is 1.50 bits per heavy atom. The first-order chi connectivity index (χ1) is 9.24. The van der Waals surface area contributed by atoms with Crippen LogP contribution < -0.4 is 0 Å². The molecule has 0 aromatic rings. The fourth-order valence-corrected chi connectivity index (χ4v) is 4.94. The van der Waals surface area contributed by atoms with Gasteiger partial charge < -0.3 is 5.11 Å². The van der Waals surface area contributed by atoms with E-state index in [2.05, 4.69) is 26.8 Å². The van der Waals surface area contributed by atoms with Crippen LogP contribution in [0.4, 0.5) is 0 Å². The van der Waals surface area contributed by atoms with Gasteiger partial charge in [-0.3, -0.25) is 9.59 Å². The summed E-state index contributed by atoms with van der Waals surface area (Å²) in [5.41, 5.74) is 1.53. The minimum absolute atomic E-state index is 0.162. The van der Waals surface area contributed by atoms with Crippen LogP contribution in [-0.2, 0) is 9.59 Å². The van der Waals surface area contributed by atoms with Crippen molar-refractivity contribution in [2.75, 3.05) is 5.75 Å². The lowest BCUT2D eigenvalue weighted by Gasteiger charge is -2.43. The van der Waals surface area contributed by atoms with E-state index in [1.165, 1.54) is 5.57 Å². The molecule has 0 aromatic carbocycles. The van der Waals surface area contributed by atoms with Crippen LogP contribution in [0.3, 0.4) is 0 Å². The summed E-state index contributed by atoms with van der Waals surface area (Å²) in [6.45, 7) is 8.30. The first kappa shape index (κ1) is 17.3. The number of ketones is 1. The number of allylic oxidation sites excluding steroid dienone is 2. The highest BCUT2D eigenvalue weighted by Gasteiger charge is 2.38. The van der Waals surface area contributed by atoms with Crippen LogP contribution in [0.5, 0.6) is 0 Å². The smallest absolute Gasteiger partial charge is 0.304 e. The summed E-state index contributed by atoms with van der Waals surface area (Å²) < 4.78 is 0. The molecule has 1 rings (SSSR count). The highest BCUT2D eigenvalue weighted by atomic mass is 32.2. The molecule has 0 fully saturated rings. The summed E-state index contributed by atoms with van der Waals surface area (Å²) >= 11 is 1.65. The normalized spacial score (nSPS) is 23.0. The second-order valence-electron chi connectivity index (χ2n) is 6.41. The standard InChI is InChI=1S/C16H26O3S/c1-11-6-5-8-16(3,4)15(11)13(10-12(2)17)20-9-7-14(18)19/h6,13,15H,5,7-10H2,1-4H3,(H,18,19). The molecule has 0 amide bonds. The van der Waals surface area contributed by atoms with Crippen molar-refractivity contribution in [2.24, 2.45) is 11.3 Å². The third-order valence-electron chi connectivity index (χ3n) is 4.10. The summed E-state index contributed by atoms with van der Waals surface area (Å²) in [4.78, 5) is 22.2. The van der Waals surface area contributed by atoms with E-state index in [9.17, 15) is 9.59 Å². The molecule has 1 aliphatic carbocycles. The molecule has 0 heterocycles. The Labute approximate surface area is 126 Å². The number of carboxylic acid groups (broad SMARTS) is 1. The van der Waals surface area contributed by atoms with Crippen LogP contribution in [0.25, 0.3) is 0 Å². The van der Waals surface area contributed by atoms with E-state index in [0.717, 1.165) is 12.8 Å². The maximum absolute atomic E-state index is 11.6. The molecule has 114 valence electrons. The lowest BCUT2D eigenvalue weighted by atomic mass is 9.66. The van der Waals surface area contributed by atoms with Gasteiger partial charge >= 0.3 is 5.97 Å². The first-order valence-electron chi connectivity index (χ1n) is 7.23. The van der Waals surface area contributed by atoms with Crippen LogP contribution in [0.2, 0.25) is 0 Å². The van der Waals surface area contributed by atoms with Crippen molar-refractivity contribution < 1.29 is 14.7 Å². The topological polar surface area (TPSA) is 54.4 Å². The summed E-state index contributed by atoms with van der Waals surface area (Å²) in [7, 11) is 0. The zero-order valence-corrected chi connectivity index (χ0v) is 13.8. The number of carbonyl (C=O) groups excluding carboxylic acids is 1. The fraction of sp³-hybridized carbons (Fsp3) is 0.750. The second-order valence-corrected chi connectivity index (χ2v) is 7.76. The SMILES string of the molecule is CC(=O)CC(SCCC(=O)O)C1C(C)=CCCC1(C)C. The van der Waals surface area contributed by atoms with Gasteiger partial charge in [-0.1, -0.05) is 25.5 Å². The molecule has 0 aromatic heterocycles. The van der Waals surface area contributed by atoms with Crippen molar-refractivity contribution in [1.82, 2.24) is 0 Å². The van der Waals surface area contributed by atoms with E-state index >= 15 is 0 Å². The zero-order chi connectivity index (χ0) is 15.3. The zero-order valence-electron chi connectivity index (χ0n) is 12.9. The molecule has 20 heavy (non-hydrogen) atoms. The number of hydrogen-bond donors (Lipinski definition) is 1. The van der Waals surface area contributed by atoms with Crippen LogP contribution >= 0.6 is 11.8 Å². The number of Topliss-reactive ketones (excluding diaryl/α,β-unsaturated/α-hetero) is 1. The van der Waals surface area contributed by atoms with Gasteiger partial charge in [0.1, 0.15) is 5.78 Å². The maximum atomic E-state index is 11.6. The highest BCUT2D eigenvalue weighted by Crippen LogP contribution is 2.47. The molecule has 0 saturated carbocycles. The molecule has 0 bridgehead atoms. The number of carboxylic acids is 1. The third-order valence-corrected chi connectivity index (χ3v) is 5.40. The van der Waals surface area contributed by atoms with Gasteiger partial charge in [0, 0.05) is 17.4 Å². The summed E-state index contributed by atoms with van der Waals surface area (Å²) in [5.74, 6) is 0.354. The first-order valence-corrected chi connectivity index (χ1v) is 8.28. The molecule has 4 heteroatoms. The molecule has 0 aliphatic heterocycles. The van der Waals surface area contributed by atoms with Crippen LogP contribution in [0, 0.1) is 11.3 Å². The Balaban J connectivity index is 2.84. The van der Waals surface area contributed by atoms with Crippen LogP contribution in [-0.4, -0.2) is 27.9 Å². The molecule has 0 saturated heterocycles. The number of carbonyl (C=O) groups is 2. The summed E-state index contributed by atoms with van der Waals surface area (Å²) in [6.07, 6.45) is 5.20. The molecule has 2 atom stereocenters. The van der Waals surface area contributed by atoms with Crippen molar-refractivity contribution in [3.8, 4) is 0 Å². The lowest BCUT2D eigenvalue weighted by Crippen LogP contribution is -2.36. The minimum atomic E-state index is -0.769. The van der Waals surface area contributed by atoms with E-state index in [1.54, 1.807) is 18.7 Å². The number of thioether (sulfide) groups is 1. The molecular formula is C16H26O3S. The highest BCUT2D eigenvalue weighted by molar-refractivity contribution is 7.99. The van der Waals surface area contributed by atoms with Crippen molar-refractivity contribution in [1.29, 1.82) is 0 Å². The van der Waals surface area contributed by atoms with Crippen LogP contribution in [0.15, 0.2) is 11.6 Å². The van der Waals surface area contributed by atoms with Gasteiger partial charge in [-0.25, -0.2) is 0 Å². The van der Waals surface area contributed by atoms with E-state index in [4.69, 9.17) is 5.11 Å². The molecule has 1 N–H and O–H groups in total. The Hall–Kier alpha value is -0.770. The fourth-order valence-electron chi connectivity index (χ4n) is 3.22. The van der Waals surface area contributed by atoms with Gasteiger partial charge in [-0.05, 0) is 38.0 Å². The third kappa shape index (κ3) is 4.97. The number of rotatable bonds is 7. The average molecular weight is 298 g/mol. The quantitative estimate of drug-likeness (QED) is 0.724. The second kappa shape index (κ2) is 7.30. The van der Waals surface area contributed by atoms with E-state index in [-0.39, 0.29) is 22.9 Å². The molecule has 2 unspecified atom stereocenters. The minimum Gasteiger partial charge on any atom is -0.481 e. The maximum Gasteiger partial charge on any atom is 0.304 e. The number of hydrogen-bond acceptors (Lipinski definition) is 3. The van der Waals surface area contributed by atoms with Crippen molar-refractivity contribution in [3.05, 3.63) is 11.6 Å². The van der Waals surface area contributed by atoms with Crippen molar-refractivity contribution in [2.45, 2.75) is 58.6 Å². The van der Waals surface area contributed by atoms with Gasteiger partial charge in [0.15, 0.2) is 0 Å². The Bertz CT molecular complexity index is 399. The number of aliphatic carboxylic acids is 1. The molecular weight excluding hydrogens is 272 g/mol. The van der Waals surface area contributed by atoms with E-state index < -0.39 is 5.97 Å². The average Bonchev–Trinajstić information content (AvgIpc) is 2.25. The molecule has 0 spiro atoms. The van der Waals surface area contributed by atoms with Gasteiger partial charge in [0.25, 0.3) is 0 Å². The van der Waals surface area contributed by atoms with Gasteiger partial charge in [-0.15, -0.1) is 0 Å². The molecule has 3 nitrogen and oxygen atoms in total. The van der Waals surface area contributed by atoms with Crippen molar-refractivity contribution in [3.63, 3.8) is 0 Å². The monoisotopic (exact) mass is 298 g/mol. The molecule has 1 aliphatic rings. The largest absolute Gasteiger partial charge is 0.481 e. The van der Waals surface area contributed by atoms with E-state index in [1.807, 2.05) is 0 Å². The predicted molar refractivity (Wildman–Crippen MR) is 84.1 cm³/mol. The van der Waals surface area contributed by atoms with Gasteiger partial charge in [0.05, 0.1) is 6.42 Å². The van der Waals surface area contributed by atoms with E-state index in [0.29, 0.717) is 18.1 Å². The van der Waals surface area contributed by atoms with Crippen molar-refractivity contribution >= 4 is 23.5 Å². The Kier molecular flexibility index (Phi) is 6.31. The van der Waals surface area contributed by atoms with Gasteiger partial charge in [0.2, 0.25) is 0 Å². The summed E-state index contributed by atoms with van der Waals surface area (Å²) in [6, 6.07) is 0. The molecule has 0 radical (unpaired) electrons. The van der Waals surface area contributed by atoms with Gasteiger partial charge in [-0.2, -0.15) is 11.8 Å². The Morgan fingerprint density at radius 2 is 2.15 bits per heavy atom. The summed E-state index contributed by atoms with van der Waals surface area (Å²) in [5, 5.41) is 8.97. The predicted octanol–water partition coefficient (Wildman–Crippen LogP) is 3.92. The lowest BCUT2D eigenvalue weighted by molar-refractivity contribution is -0.136. The van der Waals surface area contributed by atoms with Crippen LogP contribution in [0.1, 0.15) is 53.4 Å². The Morgan fingerprint density at radius 3 is 2.65 bits per heavy atom.